The van der Waals surface area contributed by atoms with Crippen molar-refractivity contribution in [3.63, 3.8) is 0 Å². The highest BCUT2D eigenvalue weighted by molar-refractivity contribution is 6.12. The zero-order valence-electron chi connectivity index (χ0n) is 28.1. The number of amides is 3. The highest BCUT2D eigenvalue weighted by Crippen LogP contribution is 2.22. The smallest absolute Gasteiger partial charge is 0.279 e. The molecule has 2 aromatic carbocycles. The fourth-order valence-corrected chi connectivity index (χ4v) is 5.20. The molecule has 2 aromatic rings. The Morgan fingerprint density at radius 1 is 0.851 bits per heavy atom. The van der Waals surface area contributed by atoms with Gasteiger partial charge in [0.25, 0.3) is 17.7 Å². The first-order valence-electron chi connectivity index (χ1n) is 16.2. The van der Waals surface area contributed by atoms with Crippen LogP contribution in [0.4, 0.5) is 0 Å². The van der Waals surface area contributed by atoms with Gasteiger partial charge in [-0.3, -0.25) is 14.4 Å². The van der Waals surface area contributed by atoms with Gasteiger partial charge in [-0.15, -0.1) is 0 Å². The molecule has 0 bridgehead atoms. The molecule has 4 rings (SSSR count). The Morgan fingerprint density at radius 3 is 1.98 bits per heavy atom. The van der Waals surface area contributed by atoms with E-state index in [4.69, 9.17) is 23.8 Å². The van der Waals surface area contributed by atoms with Gasteiger partial charge in [0.1, 0.15) is 0 Å². The monoisotopic (exact) mass is 649 g/mol. The molecule has 0 aromatic heterocycles. The standard InChI is InChI=1S/C36H47N3O8/c1-35(2,46-30-10-6-8-22-44-30)25-43-24-28-16-14-26(15-17-28)12-13-27-18-20-29(21-19-27)32(40)39(5)36(3,33(41)37-4)34(42)38-47-31-11-7-9-23-45-31/h14-21,30-31H,6-11,22-25H2,1-5H3,(H,37,41)(H,38,42)/t30?,31?,36-/m0/s1. The van der Waals surface area contributed by atoms with Gasteiger partial charge in [-0.2, -0.15) is 0 Å². The van der Waals surface area contributed by atoms with Gasteiger partial charge in [-0.05, 0) is 94.8 Å². The van der Waals surface area contributed by atoms with Crippen LogP contribution in [0.5, 0.6) is 0 Å². The minimum atomic E-state index is -1.88. The molecular formula is C36H47N3O8. The van der Waals surface area contributed by atoms with E-state index in [0.29, 0.717) is 37.4 Å². The molecule has 3 atom stereocenters. The van der Waals surface area contributed by atoms with Gasteiger partial charge < -0.3 is 29.2 Å². The van der Waals surface area contributed by atoms with E-state index in [0.717, 1.165) is 54.7 Å². The molecule has 254 valence electrons. The zero-order valence-corrected chi connectivity index (χ0v) is 28.1. The maximum Gasteiger partial charge on any atom is 0.279 e. The third kappa shape index (κ3) is 10.1. The molecule has 2 saturated heterocycles. The molecule has 2 heterocycles. The summed E-state index contributed by atoms with van der Waals surface area (Å²) in [6.07, 6.45) is 4.79. The van der Waals surface area contributed by atoms with Gasteiger partial charge in [-0.25, -0.2) is 10.3 Å². The van der Waals surface area contributed by atoms with Crippen LogP contribution in [0, 0.1) is 11.8 Å². The van der Waals surface area contributed by atoms with E-state index < -0.39 is 35.2 Å². The minimum Gasteiger partial charge on any atom is -0.374 e. The lowest BCUT2D eigenvalue weighted by atomic mass is 9.96. The van der Waals surface area contributed by atoms with Crippen molar-refractivity contribution < 1.29 is 38.2 Å². The first-order valence-corrected chi connectivity index (χ1v) is 16.2. The lowest BCUT2D eigenvalue weighted by molar-refractivity contribution is -0.228. The zero-order chi connectivity index (χ0) is 33.9. The molecule has 47 heavy (non-hydrogen) atoms. The molecule has 3 amide bonds. The Bertz CT molecular complexity index is 1400. The summed E-state index contributed by atoms with van der Waals surface area (Å²) in [7, 11) is 2.80. The maximum absolute atomic E-state index is 13.4. The summed E-state index contributed by atoms with van der Waals surface area (Å²) in [5.74, 6) is 4.28. The van der Waals surface area contributed by atoms with Crippen LogP contribution in [0.2, 0.25) is 0 Å². The number of hydrogen-bond donors (Lipinski definition) is 2. The van der Waals surface area contributed by atoms with E-state index in [9.17, 15) is 14.4 Å². The molecule has 2 fully saturated rings. The average molecular weight is 650 g/mol. The molecule has 2 aliphatic heterocycles. The predicted molar refractivity (Wildman–Crippen MR) is 175 cm³/mol. The summed E-state index contributed by atoms with van der Waals surface area (Å²) >= 11 is 0. The van der Waals surface area contributed by atoms with E-state index >= 15 is 0 Å². The second kappa shape index (κ2) is 16.9. The van der Waals surface area contributed by atoms with Crippen LogP contribution < -0.4 is 10.8 Å². The summed E-state index contributed by atoms with van der Waals surface area (Å²) in [5.41, 5.74) is 2.84. The molecule has 0 radical (unpaired) electrons. The third-order valence-electron chi connectivity index (χ3n) is 8.25. The van der Waals surface area contributed by atoms with Crippen LogP contribution in [0.25, 0.3) is 0 Å². The maximum atomic E-state index is 13.4. The van der Waals surface area contributed by atoms with Crippen LogP contribution >= 0.6 is 0 Å². The fraction of sp³-hybridized carbons (Fsp3) is 0.528. The SMILES string of the molecule is CNC(=O)[C@@](C)(C(=O)NOC1CCCCO1)N(C)C(=O)c1ccc(C#Cc2ccc(COCC(C)(C)OC3CCCCO3)cc2)cc1. The summed E-state index contributed by atoms with van der Waals surface area (Å²) < 4.78 is 23.2. The molecule has 2 aliphatic rings. The van der Waals surface area contributed by atoms with Crippen LogP contribution in [-0.4, -0.2) is 80.3 Å². The second-order valence-electron chi connectivity index (χ2n) is 12.6. The number of nitrogens with one attached hydrogen (secondary N) is 2. The summed E-state index contributed by atoms with van der Waals surface area (Å²) in [6.45, 7) is 7.56. The van der Waals surface area contributed by atoms with E-state index in [1.807, 2.05) is 38.1 Å². The van der Waals surface area contributed by atoms with Gasteiger partial charge >= 0.3 is 0 Å². The van der Waals surface area contributed by atoms with Crippen LogP contribution in [0.1, 0.15) is 86.3 Å². The summed E-state index contributed by atoms with van der Waals surface area (Å²) in [4.78, 5) is 45.9. The molecule has 0 spiro atoms. The van der Waals surface area contributed by atoms with Gasteiger partial charge in [-0.1, -0.05) is 24.0 Å². The Hall–Kier alpha value is -3.79. The number of likely N-dealkylation sites (N-methyl/N-ethyl adjacent to an activating group) is 2. The highest BCUT2D eigenvalue weighted by atomic mass is 16.8. The Labute approximate surface area is 277 Å². The van der Waals surface area contributed by atoms with Crippen molar-refractivity contribution in [1.82, 2.24) is 15.7 Å². The Kier molecular flexibility index (Phi) is 12.9. The van der Waals surface area contributed by atoms with Crippen molar-refractivity contribution in [2.45, 2.75) is 89.6 Å². The highest BCUT2D eigenvalue weighted by Gasteiger charge is 2.47. The first kappa shape index (κ1) is 36.1. The van der Waals surface area contributed by atoms with Crippen molar-refractivity contribution in [2.75, 3.05) is 33.9 Å². The van der Waals surface area contributed by atoms with Crippen molar-refractivity contribution in [3.8, 4) is 11.8 Å². The quantitative estimate of drug-likeness (QED) is 0.200. The molecule has 0 saturated carbocycles. The molecule has 2 N–H and O–H groups in total. The van der Waals surface area contributed by atoms with Gasteiger partial charge in [0.2, 0.25) is 0 Å². The Morgan fingerprint density at radius 2 is 1.43 bits per heavy atom. The number of nitrogens with zero attached hydrogens (tertiary/aromatic N) is 1. The molecule has 2 unspecified atom stereocenters. The number of carbonyl (C=O) groups excluding carboxylic acids is 3. The van der Waals surface area contributed by atoms with E-state index in [1.165, 1.54) is 21.0 Å². The van der Waals surface area contributed by atoms with Gasteiger partial charge in [0, 0.05) is 50.4 Å². The van der Waals surface area contributed by atoms with E-state index in [-0.39, 0.29) is 6.29 Å². The summed E-state index contributed by atoms with van der Waals surface area (Å²) in [5, 5.41) is 2.47. The largest absolute Gasteiger partial charge is 0.374 e. The molecular weight excluding hydrogens is 602 g/mol. The first-order chi connectivity index (χ1) is 22.5. The van der Waals surface area contributed by atoms with E-state index in [1.54, 1.807) is 24.3 Å². The number of hydrogen-bond acceptors (Lipinski definition) is 8. The van der Waals surface area contributed by atoms with Crippen molar-refractivity contribution in [1.29, 1.82) is 0 Å². The number of benzene rings is 2. The third-order valence-corrected chi connectivity index (χ3v) is 8.25. The molecule has 11 heteroatoms. The van der Waals surface area contributed by atoms with Crippen LogP contribution in [0.15, 0.2) is 48.5 Å². The lowest BCUT2D eigenvalue weighted by Gasteiger charge is -2.36. The molecule has 11 nitrogen and oxygen atoms in total. The van der Waals surface area contributed by atoms with Crippen molar-refractivity contribution in [2.24, 2.45) is 0 Å². The Balaban J connectivity index is 1.30. The normalized spacial score (nSPS) is 19.4. The average Bonchev–Trinajstić information content (AvgIpc) is 3.09. The predicted octanol–water partition coefficient (Wildman–Crippen LogP) is 4.08. The number of carbonyl (C=O) groups is 3. The minimum absolute atomic E-state index is 0.163. The van der Waals surface area contributed by atoms with E-state index in [2.05, 4.69) is 22.6 Å². The number of hydroxylamine groups is 1. The number of ether oxygens (including phenoxy) is 4. The van der Waals surface area contributed by atoms with Gasteiger partial charge in [0.15, 0.2) is 18.1 Å². The van der Waals surface area contributed by atoms with Crippen molar-refractivity contribution >= 4 is 17.7 Å². The lowest BCUT2D eigenvalue weighted by Crippen LogP contribution is -2.65. The topological polar surface area (TPSA) is 125 Å². The van der Waals surface area contributed by atoms with Gasteiger partial charge in [0.05, 0.1) is 18.8 Å². The molecule has 0 aliphatic carbocycles. The fourth-order valence-electron chi connectivity index (χ4n) is 5.20. The number of rotatable bonds is 12. The van der Waals surface area contributed by atoms with Crippen molar-refractivity contribution in [3.05, 3.63) is 70.8 Å². The van der Waals surface area contributed by atoms with Crippen LogP contribution in [0.3, 0.4) is 0 Å². The summed E-state index contributed by atoms with van der Waals surface area (Å²) in [6, 6.07) is 14.5. The van der Waals surface area contributed by atoms with Crippen LogP contribution in [-0.2, 0) is 40.0 Å². The second-order valence-corrected chi connectivity index (χ2v) is 12.6.